The van der Waals surface area contributed by atoms with Crippen molar-refractivity contribution in [2.24, 2.45) is 0 Å². The predicted octanol–water partition coefficient (Wildman–Crippen LogP) is 0.286. The van der Waals surface area contributed by atoms with E-state index in [1.54, 1.807) is 7.11 Å². The molecule has 0 bridgehead atoms. The summed E-state index contributed by atoms with van der Waals surface area (Å²) < 4.78 is 4.81. The lowest BCUT2D eigenvalue weighted by Gasteiger charge is -2.09. The summed E-state index contributed by atoms with van der Waals surface area (Å²) in [5, 5.41) is 8.23. The van der Waals surface area contributed by atoms with Crippen molar-refractivity contribution in [3.63, 3.8) is 0 Å². The number of methoxy groups -OCH3 is 1. The van der Waals surface area contributed by atoms with Crippen LogP contribution in [0.4, 0.5) is 5.69 Å². The third-order valence-electron chi connectivity index (χ3n) is 2.62. The smallest absolute Gasteiger partial charge is 0.238 e. The number of para-hydroxylation sites is 1. The molecule has 0 atom stereocenters. The highest BCUT2D eigenvalue weighted by molar-refractivity contribution is 5.93. The van der Waals surface area contributed by atoms with Gasteiger partial charge in [-0.3, -0.25) is 14.9 Å². The van der Waals surface area contributed by atoms with Crippen LogP contribution in [0, 0.1) is 6.92 Å². The molecule has 20 heavy (non-hydrogen) atoms. The monoisotopic (exact) mass is 279 g/mol. The largest absolute Gasteiger partial charge is 0.383 e. The molecule has 1 aromatic rings. The Balaban J connectivity index is 2.20. The zero-order valence-corrected chi connectivity index (χ0v) is 11.9. The Kier molecular flexibility index (Phi) is 7.31. The Hall–Kier alpha value is -1.92. The van der Waals surface area contributed by atoms with Crippen LogP contribution in [0.15, 0.2) is 24.3 Å². The summed E-state index contributed by atoms with van der Waals surface area (Å²) in [4.78, 5) is 23.0. The van der Waals surface area contributed by atoms with Gasteiger partial charge in [0.05, 0.1) is 19.7 Å². The van der Waals surface area contributed by atoms with E-state index in [0.717, 1.165) is 11.3 Å². The molecule has 0 heterocycles. The van der Waals surface area contributed by atoms with Crippen molar-refractivity contribution in [1.29, 1.82) is 0 Å². The second-order valence-electron chi connectivity index (χ2n) is 4.31. The van der Waals surface area contributed by atoms with Crippen molar-refractivity contribution in [1.82, 2.24) is 10.6 Å². The first-order chi connectivity index (χ1) is 9.63. The molecule has 0 radical (unpaired) electrons. The Morgan fingerprint density at radius 2 is 1.85 bits per heavy atom. The lowest BCUT2D eigenvalue weighted by molar-refractivity contribution is -0.120. The summed E-state index contributed by atoms with van der Waals surface area (Å²) in [5.74, 6) is -0.338. The minimum Gasteiger partial charge on any atom is -0.383 e. The summed E-state index contributed by atoms with van der Waals surface area (Å²) in [5.41, 5.74) is 1.78. The highest BCUT2D eigenvalue weighted by atomic mass is 16.5. The molecule has 110 valence electrons. The Bertz CT molecular complexity index is 449. The van der Waals surface area contributed by atoms with Crippen molar-refractivity contribution in [2.45, 2.75) is 6.92 Å². The Labute approximate surface area is 118 Å². The van der Waals surface area contributed by atoms with Gasteiger partial charge in [-0.05, 0) is 18.6 Å². The lowest BCUT2D eigenvalue weighted by Crippen LogP contribution is -2.38. The molecule has 0 aliphatic heterocycles. The Morgan fingerprint density at radius 3 is 2.55 bits per heavy atom. The van der Waals surface area contributed by atoms with E-state index in [1.807, 2.05) is 31.2 Å². The van der Waals surface area contributed by atoms with Crippen molar-refractivity contribution in [2.75, 3.05) is 38.7 Å². The fourth-order valence-electron chi connectivity index (χ4n) is 1.55. The summed E-state index contributed by atoms with van der Waals surface area (Å²) >= 11 is 0. The molecule has 0 aliphatic carbocycles. The van der Waals surface area contributed by atoms with Gasteiger partial charge in [0.25, 0.3) is 0 Å². The van der Waals surface area contributed by atoms with Crippen LogP contribution in [0.2, 0.25) is 0 Å². The van der Waals surface area contributed by atoms with Gasteiger partial charge in [0.15, 0.2) is 0 Å². The Morgan fingerprint density at radius 1 is 1.15 bits per heavy atom. The third kappa shape index (κ3) is 6.31. The normalized spacial score (nSPS) is 10.1. The van der Waals surface area contributed by atoms with Crippen LogP contribution < -0.4 is 16.0 Å². The number of amides is 2. The maximum atomic E-state index is 11.7. The first-order valence-electron chi connectivity index (χ1n) is 6.45. The van der Waals surface area contributed by atoms with E-state index in [2.05, 4.69) is 16.0 Å². The van der Waals surface area contributed by atoms with Crippen LogP contribution in [0.5, 0.6) is 0 Å². The standard InChI is InChI=1S/C14H21N3O3/c1-11-5-3-4-6-12(11)17-14(19)10-15-9-13(18)16-7-8-20-2/h3-6,15H,7-10H2,1-2H3,(H,16,18)(H,17,19). The van der Waals surface area contributed by atoms with Crippen LogP contribution in [0.25, 0.3) is 0 Å². The van der Waals surface area contributed by atoms with Crippen LogP contribution in [0.3, 0.4) is 0 Å². The third-order valence-corrected chi connectivity index (χ3v) is 2.62. The quantitative estimate of drug-likeness (QED) is 0.597. The molecule has 0 aliphatic rings. The zero-order chi connectivity index (χ0) is 14.8. The van der Waals surface area contributed by atoms with E-state index < -0.39 is 0 Å². The second kappa shape index (κ2) is 9.06. The van der Waals surface area contributed by atoms with Gasteiger partial charge in [-0.1, -0.05) is 18.2 Å². The maximum Gasteiger partial charge on any atom is 0.238 e. The molecule has 0 unspecified atom stereocenters. The van der Waals surface area contributed by atoms with Crippen molar-refractivity contribution < 1.29 is 14.3 Å². The number of aryl methyl sites for hydroxylation is 1. The van der Waals surface area contributed by atoms with Gasteiger partial charge in [0.2, 0.25) is 11.8 Å². The van der Waals surface area contributed by atoms with E-state index in [0.29, 0.717) is 13.2 Å². The molecule has 1 rings (SSSR count). The van der Waals surface area contributed by atoms with Crippen LogP contribution in [0.1, 0.15) is 5.56 Å². The van der Waals surface area contributed by atoms with Gasteiger partial charge in [0, 0.05) is 19.3 Å². The van der Waals surface area contributed by atoms with Gasteiger partial charge < -0.3 is 15.4 Å². The van der Waals surface area contributed by atoms with Gasteiger partial charge in [-0.15, -0.1) is 0 Å². The molecule has 0 aromatic heterocycles. The van der Waals surface area contributed by atoms with Crippen LogP contribution >= 0.6 is 0 Å². The summed E-state index contributed by atoms with van der Waals surface area (Å²) in [7, 11) is 1.57. The SMILES string of the molecule is COCCNC(=O)CNCC(=O)Nc1ccccc1C. The summed E-state index contributed by atoms with van der Waals surface area (Å²) in [6.45, 7) is 3.05. The fourth-order valence-corrected chi connectivity index (χ4v) is 1.55. The molecular formula is C14H21N3O3. The van der Waals surface area contributed by atoms with Crippen molar-refractivity contribution in [3.8, 4) is 0 Å². The van der Waals surface area contributed by atoms with Gasteiger partial charge in [-0.2, -0.15) is 0 Å². The molecule has 6 nitrogen and oxygen atoms in total. The second-order valence-corrected chi connectivity index (χ2v) is 4.31. The van der Waals surface area contributed by atoms with E-state index in [-0.39, 0.29) is 24.9 Å². The van der Waals surface area contributed by atoms with E-state index in [4.69, 9.17) is 4.74 Å². The zero-order valence-electron chi connectivity index (χ0n) is 11.9. The minimum atomic E-state index is -0.177. The maximum absolute atomic E-state index is 11.7. The molecule has 2 amide bonds. The number of nitrogens with one attached hydrogen (secondary N) is 3. The molecule has 0 spiro atoms. The first kappa shape index (κ1) is 16.1. The molecule has 0 saturated heterocycles. The van der Waals surface area contributed by atoms with Crippen LogP contribution in [-0.2, 0) is 14.3 Å². The minimum absolute atomic E-state index is 0.0893. The molecule has 6 heteroatoms. The topological polar surface area (TPSA) is 79.5 Å². The average Bonchev–Trinajstić information content (AvgIpc) is 2.42. The van der Waals surface area contributed by atoms with E-state index in [1.165, 1.54) is 0 Å². The predicted molar refractivity (Wildman–Crippen MR) is 77.6 cm³/mol. The molecule has 0 fully saturated rings. The number of benzene rings is 1. The lowest BCUT2D eigenvalue weighted by atomic mass is 10.2. The number of rotatable bonds is 8. The number of ether oxygens (including phenoxy) is 1. The van der Waals surface area contributed by atoms with Gasteiger partial charge in [-0.25, -0.2) is 0 Å². The number of anilines is 1. The fraction of sp³-hybridized carbons (Fsp3) is 0.429. The number of carbonyl (C=O) groups is 2. The molecular weight excluding hydrogens is 258 g/mol. The van der Waals surface area contributed by atoms with Crippen molar-refractivity contribution in [3.05, 3.63) is 29.8 Å². The molecule has 3 N–H and O–H groups in total. The number of hydrogen-bond acceptors (Lipinski definition) is 4. The highest BCUT2D eigenvalue weighted by Crippen LogP contribution is 2.12. The number of hydrogen-bond donors (Lipinski definition) is 3. The summed E-state index contributed by atoms with van der Waals surface area (Å²) in [6, 6.07) is 7.53. The average molecular weight is 279 g/mol. The van der Waals surface area contributed by atoms with Gasteiger partial charge >= 0.3 is 0 Å². The molecule has 1 aromatic carbocycles. The van der Waals surface area contributed by atoms with E-state index in [9.17, 15) is 9.59 Å². The first-order valence-corrected chi connectivity index (χ1v) is 6.45. The summed E-state index contributed by atoms with van der Waals surface area (Å²) in [6.07, 6.45) is 0. The van der Waals surface area contributed by atoms with Crippen LogP contribution in [-0.4, -0.2) is 45.2 Å². The van der Waals surface area contributed by atoms with E-state index >= 15 is 0 Å². The molecule has 0 saturated carbocycles. The highest BCUT2D eigenvalue weighted by Gasteiger charge is 2.05. The van der Waals surface area contributed by atoms with Crippen molar-refractivity contribution >= 4 is 17.5 Å². The number of carbonyl (C=O) groups excluding carboxylic acids is 2. The van der Waals surface area contributed by atoms with Gasteiger partial charge in [0.1, 0.15) is 0 Å².